The minimum Gasteiger partial charge on any atom is -0.506 e. The van der Waals surface area contributed by atoms with Gasteiger partial charge in [0.15, 0.2) is 0 Å². The molecule has 0 amide bonds. The summed E-state index contributed by atoms with van der Waals surface area (Å²) in [5, 5.41) is 59.2. The van der Waals surface area contributed by atoms with E-state index in [-0.39, 0.29) is 13.7 Å². The van der Waals surface area contributed by atoms with E-state index in [4.69, 9.17) is 34.8 Å². The van der Waals surface area contributed by atoms with Crippen molar-refractivity contribution in [2.45, 2.75) is 0 Å². The molecule has 0 unspecified atom stereocenters. The molecule has 0 radical (unpaired) electrons. The second-order valence-corrected chi connectivity index (χ2v) is 8.29. The number of benzene rings is 3. The van der Waals surface area contributed by atoms with Crippen LogP contribution in [-0.2, 0) is 0 Å². The molecule has 4 aromatic rings. The Morgan fingerprint density at radius 1 is 0.417 bits per heavy atom. The van der Waals surface area contributed by atoms with Crippen molar-refractivity contribution in [2.24, 2.45) is 0 Å². The minimum absolute atomic E-state index is 0.123. The number of rotatable bonds is 3. The summed E-state index contributed by atoms with van der Waals surface area (Å²) in [4.78, 5) is 40.6. The molecule has 12 nitrogen and oxygen atoms in total. The highest BCUT2D eigenvalue weighted by Gasteiger charge is 2.29. The van der Waals surface area contributed by atoms with Crippen molar-refractivity contribution in [1.82, 2.24) is 13.7 Å². The third kappa shape index (κ3) is 3.59. The van der Waals surface area contributed by atoms with Gasteiger partial charge in [-0.1, -0.05) is 34.8 Å². The molecule has 186 valence electrons. The fraction of sp³-hybridized carbons (Fsp3) is 0. The van der Waals surface area contributed by atoms with Crippen molar-refractivity contribution in [3.8, 4) is 51.6 Å². The molecule has 0 saturated heterocycles. The first kappa shape index (κ1) is 24.9. The molecule has 36 heavy (non-hydrogen) atoms. The van der Waals surface area contributed by atoms with Gasteiger partial charge in [-0.3, -0.25) is 0 Å². The first-order chi connectivity index (χ1) is 16.9. The molecular formula is C21H12Cl3N3O9. The van der Waals surface area contributed by atoms with Crippen LogP contribution in [0.15, 0.2) is 50.8 Å². The van der Waals surface area contributed by atoms with E-state index in [9.17, 15) is 45.0 Å². The average molecular weight is 557 g/mol. The smallest absolute Gasteiger partial charge is 0.346 e. The zero-order valence-corrected chi connectivity index (χ0v) is 19.6. The highest BCUT2D eigenvalue weighted by molar-refractivity contribution is 6.35. The predicted octanol–water partition coefficient (Wildman–Crippen LogP) is 2.33. The maximum atomic E-state index is 13.5. The van der Waals surface area contributed by atoms with Crippen LogP contribution in [0.1, 0.15) is 0 Å². The number of hydrogen-bond donors (Lipinski definition) is 6. The number of aromatic hydroxyl groups is 6. The minimum atomic E-state index is -1.57. The van der Waals surface area contributed by atoms with E-state index in [2.05, 4.69) is 0 Å². The van der Waals surface area contributed by atoms with Gasteiger partial charge in [0.05, 0.1) is 0 Å². The van der Waals surface area contributed by atoms with Crippen molar-refractivity contribution >= 4 is 34.8 Å². The molecule has 0 saturated carbocycles. The largest absolute Gasteiger partial charge is 0.506 e. The third-order valence-corrected chi connectivity index (χ3v) is 6.16. The molecule has 3 aromatic carbocycles. The van der Waals surface area contributed by atoms with Crippen LogP contribution in [0, 0.1) is 0 Å². The molecule has 1 heterocycles. The summed E-state index contributed by atoms with van der Waals surface area (Å²) in [5.74, 6) is -4.41. The Labute approximate surface area is 213 Å². The highest BCUT2D eigenvalue weighted by Crippen LogP contribution is 2.38. The fourth-order valence-electron chi connectivity index (χ4n) is 3.39. The van der Waals surface area contributed by atoms with Gasteiger partial charge in [-0.25, -0.2) is 28.1 Å². The zero-order chi connectivity index (χ0) is 26.6. The molecule has 0 aliphatic carbocycles. The van der Waals surface area contributed by atoms with Gasteiger partial charge >= 0.3 is 17.1 Å². The first-order valence-electron chi connectivity index (χ1n) is 9.52. The summed E-state index contributed by atoms with van der Waals surface area (Å²) in [6, 6.07) is 5.53. The summed E-state index contributed by atoms with van der Waals surface area (Å²) in [6.45, 7) is 0. The Morgan fingerprint density at radius 3 is 0.833 bits per heavy atom. The van der Waals surface area contributed by atoms with E-state index >= 15 is 0 Å². The normalized spacial score (nSPS) is 11.1. The number of phenolic OH excluding ortho intramolecular Hbond substituents is 6. The predicted molar refractivity (Wildman–Crippen MR) is 128 cm³/mol. The van der Waals surface area contributed by atoms with Crippen LogP contribution in [0.2, 0.25) is 15.1 Å². The topological polar surface area (TPSA) is 187 Å². The van der Waals surface area contributed by atoms with E-state index < -0.39 is 83.7 Å². The lowest BCUT2D eigenvalue weighted by atomic mass is 10.2. The van der Waals surface area contributed by atoms with Gasteiger partial charge in [0.2, 0.25) is 0 Å². The van der Waals surface area contributed by atoms with Crippen molar-refractivity contribution < 1.29 is 30.6 Å². The first-order valence-corrected chi connectivity index (χ1v) is 10.6. The number of phenols is 6. The van der Waals surface area contributed by atoms with E-state index in [1.165, 1.54) is 0 Å². The van der Waals surface area contributed by atoms with Crippen molar-refractivity contribution in [1.29, 1.82) is 0 Å². The maximum absolute atomic E-state index is 13.5. The highest BCUT2D eigenvalue weighted by atomic mass is 35.5. The third-order valence-electron chi connectivity index (χ3n) is 5.04. The Bertz CT molecular complexity index is 1530. The SMILES string of the molecule is O=c1n(-c2c(O)ccc(O)c2Cl)c(=O)n(-c2c(O)ccc(O)c2Cl)c(=O)n1-c1c(O)ccc(O)c1Cl. The van der Waals surface area contributed by atoms with Crippen molar-refractivity contribution in [3.05, 3.63) is 82.9 Å². The van der Waals surface area contributed by atoms with E-state index in [1.54, 1.807) is 0 Å². The molecular weight excluding hydrogens is 545 g/mol. The summed E-state index contributed by atoms with van der Waals surface area (Å²) in [7, 11) is 0. The molecule has 4 rings (SSSR count). The lowest BCUT2D eigenvalue weighted by Gasteiger charge is -2.18. The second kappa shape index (κ2) is 8.75. The standard InChI is InChI=1S/C21H12Cl3N3O9/c22-13-7(28)1-4-10(31)16(13)25-19(34)26(17-11(32)5-2-8(29)14(17)23)21(36)27(20(25)35)18-12(33)6-3-9(30)15(18)24/h1-6,28-33H. The molecule has 0 aliphatic heterocycles. The van der Waals surface area contributed by atoms with Gasteiger partial charge < -0.3 is 30.6 Å². The van der Waals surface area contributed by atoms with Crippen LogP contribution in [0.4, 0.5) is 0 Å². The summed E-state index contributed by atoms with van der Waals surface area (Å²) >= 11 is 18.2. The van der Waals surface area contributed by atoms with Gasteiger partial charge in [0, 0.05) is 0 Å². The maximum Gasteiger partial charge on any atom is 0.346 e. The van der Waals surface area contributed by atoms with Crippen LogP contribution < -0.4 is 17.1 Å². The molecule has 1 aromatic heterocycles. The lowest BCUT2D eigenvalue weighted by Crippen LogP contribution is -2.53. The Morgan fingerprint density at radius 2 is 0.611 bits per heavy atom. The second-order valence-electron chi connectivity index (χ2n) is 7.15. The van der Waals surface area contributed by atoms with Gasteiger partial charge in [-0.05, 0) is 36.4 Å². The number of nitrogens with zero attached hydrogens (tertiary/aromatic N) is 3. The summed E-state index contributed by atoms with van der Waals surface area (Å²) < 4.78 is 0.370. The molecule has 0 fully saturated rings. The molecule has 0 spiro atoms. The molecule has 6 N–H and O–H groups in total. The van der Waals surface area contributed by atoms with E-state index in [0.29, 0.717) is 0 Å². The van der Waals surface area contributed by atoms with Crippen LogP contribution in [0.5, 0.6) is 34.5 Å². The zero-order valence-electron chi connectivity index (χ0n) is 17.3. The Kier molecular flexibility index (Phi) is 6.04. The number of aromatic nitrogens is 3. The van der Waals surface area contributed by atoms with E-state index in [0.717, 1.165) is 36.4 Å². The fourth-order valence-corrected chi connectivity index (χ4v) is 4.12. The number of halogens is 3. The summed E-state index contributed by atoms with van der Waals surface area (Å²) in [5.41, 5.74) is -7.07. The van der Waals surface area contributed by atoms with Crippen LogP contribution in [-0.4, -0.2) is 44.3 Å². The van der Waals surface area contributed by atoms with Crippen LogP contribution >= 0.6 is 34.8 Å². The van der Waals surface area contributed by atoms with Crippen molar-refractivity contribution in [2.75, 3.05) is 0 Å². The van der Waals surface area contributed by atoms with Crippen molar-refractivity contribution in [3.63, 3.8) is 0 Å². The number of hydrogen-bond acceptors (Lipinski definition) is 9. The molecule has 0 atom stereocenters. The molecule has 15 heteroatoms. The van der Waals surface area contributed by atoms with Gasteiger partial charge in [-0.15, -0.1) is 0 Å². The average Bonchev–Trinajstić information content (AvgIpc) is 2.82. The molecule has 0 bridgehead atoms. The van der Waals surface area contributed by atoms with Crippen LogP contribution in [0.3, 0.4) is 0 Å². The van der Waals surface area contributed by atoms with Gasteiger partial charge in [0.1, 0.15) is 66.6 Å². The Balaban J connectivity index is 2.36. The summed E-state index contributed by atoms with van der Waals surface area (Å²) in [6.07, 6.45) is 0. The molecule has 0 aliphatic rings. The van der Waals surface area contributed by atoms with Gasteiger partial charge in [-0.2, -0.15) is 0 Å². The van der Waals surface area contributed by atoms with E-state index in [1.807, 2.05) is 0 Å². The van der Waals surface area contributed by atoms with Crippen LogP contribution in [0.25, 0.3) is 17.1 Å². The Hall–Kier alpha value is -4.26. The lowest BCUT2D eigenvalue weighted by molar-refractivity contribution is 0.447. The van der Waals surface area contributed by atoms with Gasteiger partial charge in [0.25, 0.3) is 0 Å². The quantitative estimate of drug-likeness (QED) is 0.206. The monoisotopic (exact) mass is 555 g/mol.